The molecule has 5 heteroatoms. The van der Waals surface area contributed by atoms with Crippen molar-refractivity contribution in [3.05, 3.63) is 29.6 Å². The van der Waals surface area contributed by atoms with Crippen molar-refractivity contribution in [1.82, 2.24) is 15.2 Å². The summed E-state index contributed by atoms with van der Waals surface area (Å²) < 4.78 is 5.16. The van der Waals surface area contributed by atoms with Crippen LogP contribution in [0.3, 0.4) is 0 Å². The number of nitrogen functional groups attached to an aromatic ring is 1. The van der Waals surface area contributed by atoms with Gasteiger partial charge in [0, 0.05) is 5.56 Å². The van der Waals surface area contributed by atoms with Gasteiger partial charge in [-0.3, -0.25) is 0 Å². The van der Waals surface area contributed by atoms with Crippen LogP contribution in [0.4, 0.5) is 5.69 Å². The number of aromatic nitrogens is 3. The summed E-state index contributed by atoms with van der Waals surface area (Å²) in [5.74, 6) is 1.19. The van der Waals surface area contributed by atoms with Crippen molar-refractivity contribution in [3.63, 3.8) is 0 Å². The largest absolute Gasteiger partial charge is 0.495 e. The fraction of sp³-hybridized carbons (Fsp3) is 0.250. The Bertz CT molecular complexity index is 554. The number of nitrogens with zero attached hydrogens (tertiary/aromatic N) is 3. The molecular formula is C12H14N4O. The van der Waals surface area contributed by atoms with E-state index in [-0.39, 0.29) is 0 Å². The summed E-state index contributed by atoms with van der Waals surface area (Å²) in [6.45, 7) is 3.78. The molecule has 0 atom stereocenters. The maximum absolute atomic E-state index is 5.75. The molecule has 0 amide bonds. The van der Waals surface area contributed by atoms with Crippen LogP contribution in [0, 0.1) is 13.8 Å². The van der Waals surface area contributed by atoms with Crippen molar-refractivity contribution in [2.75, 3.05) is 12.8 Å². The summed E-state index contributed by atoms with van der Waals surface area (Å²) in [6, 6.07) is 5.43. The van der Waals surface area contributed by atoms with Crippen molar-refractivity contribution in [3.8, 4) is 17.1 Å². The van der Waals surface area contributed by atoms with Crippen LogP contribution in [0.2, 0.25) is 0 Å². The molecule has 0 saturated heterocycles. The number of aryl methyl sites for hydroxylation is 2. The maximum Gasteiger partial charge on any atom is 0.182 e. The Morgan fingerprint density at radius 2 is 1.88 bits per heavy atom. The summed E-state index contributed by atoms with van der Waals surface area (Å²) in [5, 5.41) is 8.11. The summed E-state index contributed by atoms with van der Waals surface area (Å²) in [5.41, 5.74) is 8.88. The highest BCUT2D eigenvalue weighted by Crippen LogP contribution is 2.26. The molecule has 88 valence electrons. The Morgan fingerprint density at radius 3 is 2.53 bits per heavy atom. The van der Waals surface area contributed by atoms with Gasteiger partial charge in [-0.1, -0.05) is 0 Å². The monoisotopic (exact) mass is 230 g/mol. The average Bonchev–Trinajstić information content (AvgIpc) is 2.33. The second kappa shape index (κ2) is 4.37. The van der Waals surface area contributed by atoms with E-state index in [0.29, 0.717) is 17.3 Å². The van der Waals surface area contributed by atoms with Crippen molar-refractivity contribution in [2.24, 2.45) is 0 Å². The van der Waals surface area contributed by atoms with E-state index in [1.807, 2.05) is 19.9 Å². The van der Waals surface area contributed by atoms with Crippen LogP contribution in [0.5, 0.6) is 5.75 Å². The lowest BCUT2D eigenvalue weighted by Crippen LogP contribution is -1.99. The number of hydrogen-bond acceptors (Lipinski definition) is 5. The van der Waals surface area contributed by atoms with Gasteiger partial charge >= 0.3 is 0 Å². The Balaban J connectivity index is 2.49. The van der Waals surface area contributed by atoms with Gasteiger partial charge in [0.05, 0.1) is 24.2 Å². The van der Waals surface area contributed by atoms with Gasteiger partial charge in [-0.25, -0.2) is 4.98 Å². The molecule has 2 aromatic rings. The molecule has 0 fully saturated rings. The van der Waals surface area contributed by atoms with E-state index in [2.05, 4.69) is 15.2 Å². The van der Waals surface area contributed by atoms with Crippen molar-refractivity contribution in [1.29, 1.82) is 0 Å². The number of rotatable bonds is 2. The van der Waals surface area contributed by atoms with Gasteiger partial charge in [-0.2, -0.15) is 5.10 Å². The zero-order valence-corrected chi connectivity index (χ0v) is 10.1. The highest BCUT2D eigenvalue weighted by atomic mass is 16.5. The number of hydrogen-bond donors (Lipinski definition) is 1. The van der Waals surface area contributed by atoms with E-state index < -0.39 is 0 Å². The normalized spacial score (nSPS) is 10.3. The van der Waals surface area contributed by atoms with Gasteiger partial charge in [0.15, 0.2) is 5.82 Å². The molecule has 0 saturated carbocycles. The van der Waals surface area contributed by atoms with Crippen LogP contribution in [-0.2, 0) is 0 Å². The van der Waals surface area contributed by atoms with Gasteiger partial charge in [-0.15, -0.1) is 5.10 Å². The lowest BCUT2D eigenvalue weighted by molar-refractivity contribution is 0.417. The van der Waals surface area contributed by atoms with Crippen LogP contribution in [0.15, 0.2) is 18.2 Å². The van der Waals surface area contributed by atoms with Gasteiger partial charge in [0.1, 0.15) is 5.75 Å². The third-order valence-corrected chi connectivity index (χ3v) is 2.58. The number of ether oxygens (including phenoxy) is 1. The van der Waals surface area contributed by atoms with Gasteiger partial charge in [0.25, 0.3) is 0 Å². The highest BCUT2D eigenvalue weighted by molar-refractivity contribution is 5.65. The minimum Gasteiger partial charge on any atom is -0.495 e. The molecule has 1 heterocycles. The first-order valence-corrected chi connectivity index (χ1v) is 5.23. The lowest BCUT2D eigenvalue weighted by Gasteiger charge is -2.07. The first kappa shape index (κ1) is 11.3. The van der Waals surface area contributed by atoms with Crippen molar-refractivity contribution >= 4 is 5.69 Å². The van der Waals surface area contributed by atoms with E-state index in [0.717, 1.165) is 17.0 Å². The predicted octanol–water partition coefficient (Wildman–Crippen LogP) is 1.75. The maximum atomic E-state index is 5.75. The molecule has 5 nitrogen and oxygen atoms in total. The Kier molecular flexibility index (Phi) is 2.91. The molecule has 2 rings (SSSR count). The fourth-order valence-electron chi connectivity index (χ4n) is 1.43. The molecule has 0 radical (unpaired) electrons. The van der Waals surface area contributed by atoms with E-state index in [1.54, 1.807) is 19.2 Å². The molecule has 1 aromatic heterocycles. The molecule has 1 aromatic carbocycles. The lowest BCUT2D eigenvalue weighted by atomic mass is 10.2. The standard InChI is InChI=1S/C12H14N4O/c1-7-8(2)15-16-12(14-7)9-4-5-10(13)11(6-9)17-3/h4-6H,13H2,1-3H3. The molecule has 0 aliphatic carbocycles. The van der Waals surface area contributed by atoms with E-state index in [1.165, 1.54) is 0 Å². The zero-order chi connectivity index (χ0) is 12.4. The number of anilines is 1. The molecule has 0 bridgehead atoms. The van der Waals surface area contributed by atoms with E-state index in [9.17, 15) is 0 Å². The Hall–Kier alpha value is -2.17. The average molecular weight is 230 g/mol. The fourth-order valence-corrected chi connectivity index (χ4v) is 1.43. The first-order valence-electron chi connectivity index (χ1n) is 5.23. The predicted molar refractivity (Wildman–Crippen MR) is 65.7 cm³/mol. The molecule has 0 aliphatic rings. The molecule has 17 heavy (non-hydrogen) atoms. The Morgan fingerprint density at radius 1 is 1.12 bits per heavy atom. The smallest absolute Gasteiger partial charge is 0.182 e. The third-order valence-electron chi connectivity index (χ3n) is 2.58. The van der Waals surface area contributed by atoms with Crippen LogP contribution >= 0.6 is 0 Å². The van der Waals surface area contributed by atoms with Crippen LogP contribution in [0.1, 0.15) is 11.4 Å². The SMILES string of the molecule is COc1cc(-c2nnc(C)c(C)n2)ccc1N. The van der Waals surface area contributed by atoms with Gasteiger partial charge in [0.2, 0.25) is 0 Å². The quantitative estimate of drug-likeness (QED) is 0.795. The van der Waals surface area contributed by atoms with Gasteiger partial charge in [-0.05, 0) is 32.0 Å². The van der Waals surface area contributed by atoms with Crippen LogP contribution in [-0.4, -0.2) is 22.3 Å². The highest BCUT2D eigenvalue weighted by Gasteiger charge is 2.07. The molecule has 2 N–H and O–H groups in total. The van der Waals surface area contributed by atoms with Crippen LogP contribution < -0.4 is 10.5 Å². The first-order chi connectivity index (χ1) is 8.11. The van der Waals surface area contributed by atoms with Crippen molar-refractivity contribution < 1.29 is 4.74 Å². The summed E-state index contributed by atoms with van der Waals surface area (Å²) in [4.78, 5) is 4.38. The van der Waals surface area contributed by atoms with Gasteiger partial charge < -0.3 is 10.5 Å². The third kappa shape index (κ3) is 2.18. The van der Waals surface area contributed by atoms with Crippen LogP contribution in [0.25, 0.3) is 11.4 Å². The molecule has 0 aliphatic heterocycles. The number of benzene rings is 1. The Labute approximate surface area is 99.7 Å². The zero-order valence-electron chi connectivity index (χ0n) is 10.1. The molecule has 0 unspecified atom stereocenters. The minimum absolute atomic E-state index is 0.575. The van der Waals surface area contributed by atoms with E-state index in [4.69, 9.17) is 10.5 Å². The van der Waals surface area contributed by atoms with E-state index >= 15 is 0 Å². The number of methoxy groups -OCH3 is 1. The summed E-state index contributed by atoms with van der Waals surface area (Å²) in [6.07, 6.45) is 0. The molecular weight excluding hydrogens is 216 g/mol. The number of nitrogens with two attached hydrogens (primary N) is 1. The minimum atomic E-state index is 0.575. The topological polar surface area (TPSA) is 73.9 Å². The second-order valence-electron chi connectivity index (χ2n) is 3.76. The second-order valence-corrected chi connectivity index (χ2v) is 3.76. The summed E-state index contributed by atoms with van der Waals surface area (Å²) >= 11 is 0. The molecule has 0 spiro atoms. The summed E-state index contributed by atoms with van der Waals surface area (Å²) in [7, 11) is 1.58. The van der Waals surface area contributed by atoms with Crippen molar-refractivity contribution in [2.45, 2.75) is 13.8 Å².